The minimum Gasteiger partial charge on any atom is -0.465 e. The van der Waals surface area contributed by atoms with Gasteiger partial charge in [0.1, 0.15) is 0 Å². The van der Waals surface area contributed by atoms with Gasteiger partial charge in [0.05, 0.1) is 7.11 Å². The third kappa shape index (κ3) is 4.63. The lowest BCUT2D eigenvalue weighted by Crippen LogP contribution is -2.06. The van der Waals surface area contributed by atoms with Crippen LogP contribution in [0.25, 0.3) is 0 Å². The fraction of sp³-hybridized carbons (Fsp3) is 0.667. The van der Waals surface area contributed by atoms with Crippen molar-refractivity contribution in [3.05, 3.63) is 10.0 Å². The molecule has 0 spiro atoms. The quantitative estimate of drug-likeness (QED) is 0.591. The third-order valence-electron chi connectivity index (χ3n) is 2.75. The van der Waals surface area contributed by atoms with Crippen molar-refractivity contribution in [1.82, 2.24) is 4.98 Å². The van der Waals surface area contributed by atoms with Gasteiger partial charge in [-0.05, 0) is 25.2 Å². The highest BCUT2D eigenvalue weighted by Crippen LogP contribution is 2.29. The van der Waals surface area contributed by atoms with Gasteiger partial charge in [0.15, 0.2) is 15.2 Å². The summed E-state index contributed by atoms with van der Waals surface area (Å²) >= 11 is 7.06. The maximum atomic E-state index is 11.3. The summed E-state index contributed by atoms with van der Waals surface area (Å²) in [5.74, 6) is 0.344. The van der Waals surface area contributed by atoms with Crippen LogP contribution in [-0.4, -0.2) is 37.8 Å². The second kappa shape index (κ2) is 7.07. The largest absolute Gasteiger partial charge is 0.465 e. The van der Waals surface area contributed by atoms with Crippen LogP contribution in [0, 0.1) is 5.92 Å². The second-order valence-electron chi connectivity index (χ2n) is 4.43. The van der Waals surface area contributed by atoms with Gasteiger partial charge >= 0.3 is 5.97 Å². The number of esters is 1. The van der Waals surface area contributed by atoms with Crippen molar-refractivity contribution >= 4 is 34.0 Å². The summed E-state index contributed by atoms with van der Waals surface area (Å²) in [7, 11) is 1.32. The molecule has 2 rings (SSSR count). The van der Waals surface area contributed by atoms with E-state index in [2.05, 4.69) is 15.0 Å². The highest BCUT2D eigenvalue weighted by molar-refractivity contribution is 7.18. The zero-order valence-corrected chi connectivity index (χ0v) is 12.4. The van der Waals surface area contributed by atoms with E-state index in [1.807, 2.05) is 0 Å². The van der Waals surface area contributed by atoms with Crippen LogP contribution in [0.2, 0.25) is 5.15 Å². The van der Waals surface area contributed by atoms with Gasteiger partial charge in [-0.1, -0.05) is 22.9 Å². The Bertz CT molecular complexity index is 435. The number of halogens is 1. The number of ether oxygens (including phenoxy) is 2. The van der Waals surface area contributed by atoms with Crippen molar-refractivity contribution in [2.24, 2.45) is 5.92 Å². The molecule has 5 nitrogen and oxygen atoms in total. The van der Waals surface area contributed by atoms with Gasteiger partial charge in [0.2, 0.25) is 0 Å². The van der Waals surface area contributed by atoms with Crippen LogP contribution < -0.4 is 5.32 Å². The molecular formula is C12H17ClN2O3S. The molecule has 0 atom stereocenters. The van der Waals surface area contributed by atoms with E-state index in [0.717, 1.165) is 32.1 Å². The van der Waals surface area contributed by atoms with Gasteiger partial charge in [-0.2, -0.15) is 0 Å². The molecule has 1 N–H and O–H groups in total. The number of nitrogens with zero attached hydrogens (tertiary/aromatic N) is 1. The molecule has 1 aromatic rings. The van der Waals surface area contributed by atoms with E-state index in [1.165, 1.54) is 31.3 Å². The number of rotatable bonds is 8. The number of nitrogens with one attached hydrogen (secondary N) is 1. The van der Waals surface area contributed by atoms with Gasteiger partial charge in [0, 0.05) is 19.8 Å². The number of thiazole rings is 1. The third-order valence-corrected chi connectivity index (χ3v) is 4.13. The number of carbonyl (C=O) groups is 1. The van der Waals surface area contributed by atoms with Crippen LogP contribution in [0.3, 0.4) is 0 Å². The molecule has 0 bridgehead atoms. The molecule has 1 heterocycles. The summed E-state index contributed by atoms with van der Waals surface area (Å²) in [4.78, 5) is 15.7. The number of hydrogen-bond acceptors (Lipinski definition) is 6. The van der Waals surface area contributed by atoms with Crippen molar-refractivity contribution in [1.29, 1.82) is 0 Å². The van der Waals surface area contributed by atoms with E-state index in [4.69, 9.17) is 16.3 Å². The molecule has 1 saturated carbocycles. The first-order chi connectivity index (χ1) is 9.20. The van der Waals surface area contributed by atoms with Crippen molar-refractivity contribution in [2.75, 3.05) is 32.2 Å². The summed E-state index contributed by atoms with van der Waals surface area (Å²) in [6.45, 7) is 2.37. The number of carbonyl (C=O) groups excluding carboxylic acids is 1. The minimum atomic E-state index is -0.455. The minimum absolute atomic E-state index is 0.185. The average molecular weight is 305 g/mol. The first-order valence-electron chi connectivity index (χ1n) is 6.27. The smallest absolute Gasteiger partial charge is 0.351 e. The Balaban J connectivity index is 1.65. The maximum Gasteiger partial charge on any atom is 0.351 e. The molecule has 0 radical (unpaired) electrons. The van der Waals surface area contributed by atoms with Gasteiger partial charge in [-0.15, -0.1) is 0 Å². The lowest BCUT2D eigenvalue weighted by Gasteiger charge is -2.03. The van der Waals surface area contributed by atoms with Crippen LogP contribution in [0.15, 0.2) is 0 Å². The van der Waals surface area contributed by atoms with Crippen molar-refractivity contribution in [2.45, 2.75) is 19.3 Å². The zero-order valence-electron chi connectivity index (χ0n) is 10.8. The Morgan fingerprint density at radius 3 is 3.05 bits per heavy atom. The molecule has 1 aromatic heterocycles. The Morgan fingerprint density at radius 2 is 2.37 bits per heavy atom. The number of aromatic nitrogens is 1. The summed E-state index contributed by atoms with van der Waals surface area (Å²) in [6, 6.07) is 0. The fourth-order valence-corrected chi connectivity index (χ4v) is 2.63. The standard InChI is InChI=1S/C12H17ClN2O3S/c1-17-11(16)9-10(13)15-12(19-9)14-5-2-6-18-7-8-3-4-8/h8H,2-7H2,1H3,(H,14,15). The SMILES string of the molecule is COC(=O)c1sc(NCCCOCC2CC2)nc1Cl. The molecule has 0 unspecified atom stereocenters. The highest BCUT2D eigenvalue weighted by atomic mass is 35.5. The first kappa shape index (κ1) is 14.6. The molecule has 1 fully saturated rings. The predicted molar refractivity (Wildman–Crippen MR) is 75.1 cm³/mol. The molecule has 7 heteroatoms. The Morgan fingerprint density at radius 1 is 1.58 bits per heavy atom. The van der Waals surface area contributed by atoms with E-state index >= 15 is 0 Å². The van der Waals surface area contributed by atoms with Gasteiger partial charge in [0.25, 0.3) is 0 Å². The van der Waals surface area contributed by atoms with Crippen LogP contribution >= 0.6 is 22.9 Å². The van der Waals surface area contributed by atoms with E-state index in [-0.39, 0.29) is 5.15 Å². The molecule has 1 aliphatic carbocycles. The van der Waals surface area contributed by atoms with Gasteiger partial charge in [-0.3, -0.25) is 0 Å². The van der Waals surface area contributed by atoms with Crippen LogP contribution in [0.1, 0.15) is 28.9 Å². The van der Waals surface area contributed by atoms with E-state index in [1.54, 1.807) is 0 Å². The molecule has 0 amide bonds. The molecular weight excluding hydrogens is 288 g/mol. The molecule has 19 heavy (non-hydrogen) atoms. The average Bonchev–Trinajstić information content (AvgIpc) is 3.15. The number of hydrogen-bond donors (Lipinski definition) is 1. The van der Waals surface area contributed by atoms with Crippen molar-refractivity contribution in [3.63, 3.8) is 0 Å². The Labute approximate surface area is 121 Å². The van der Waals surface area contributed by atoms with Crippen LogP contribution in [0.4, 0.5) is 5.13 Å². The van der Waals surface area contributed by atoms with Crippen molar-refractivity contribution < 1.29 is 14.3 Å². The summed E-state index contributed by atoms with van der Waals surface area (Å²) in [5, 5.41) is 3.94. The Kier molecular flexibility index (Phi) is 5.42. The Hall–Kier alpha value is -0.850. The molecule has 106 valence electrons. The summed E-state index contributed by atoms with van der Waals surface area (Å²) < 4.78 is 10.1. The van der Waals surface area contributed by atoms with Crippen LogP contribution in [0.5, 0.6) is 0 Å². The first-order valence-corrected chi connectivity index (χ1v) is 7.46. The summed E-state index contributed by atoms with van der Waals surface area (Å²) in [6.07, 6.45) is 3.52. The van der Waals surface area contributed by atoms with E-state index < -0.39 is 5.97 Å². The second-order valence-corrected chi connectivity index (χ2v) is 5.79. The van der Waals surface area contributed by atoms with Crippen LogP contribution in [-0.2, 0) is 9.47 Å². The molecule has 1 aliphatic rings. The molecule has 0 aromatic carbocycles. The van der Waals surface area contributed by atoms with Crippen molar-refractivity contribution in [3.8, 4) is 0 Å². The lowest BCUT2D eigenvalue weighted by atomic mass is 10.4. The van der Waals surface area contributed by atoms with E-state index in [0.29, 0.717) is 10.0 Å². The normalized spacial score (nSPS) is 14.4. The van der Waals surface area contributed by atoms with Gasteiger partial charge in [-0.25, -0.2) is 9.78 Å². The topological polar surface area (TPSA) is 60.5 Å². The number of methoxy groups -OCH3 is 1. The predicted octanol–water partition coefficient (Wildman–Crippen LogP) is 2.81. The maximum absolute atomic E-state index is 11.3. The summed E-state index contributed by atoms with van der Waals surface area (Å²) in [5.41, 5.74) is 0. The highest BCUT2D eigenvalue weighted by Gasteiger charge is 2.21. The number of anilines is 1. The zero-order chi connectivity index (χ0) is 13.7. The van der Waals surface area contributed by atoms with Gasteiger partial charge < -0.3 is 14.8 Å². The molecule has 0 aliphatic heterocycles. The lowest BCUT2D eigenvalue weighted by molar-refractivity contribution is 0.0606. The van der Waals surface area contributed by atoms with E-state index in [9.17, 15) is 4.79 Å². The fourth-order valence-electron chi connectivity index (χ4n) is 1.50. The molecule has 0 saturated heterocycles. The monoisotopic (exact) mass is 304 g/mol.